The lowest BCUT2D eigenvalue weighted by Crippen LogP contribution is -2.37. The molecule has 1 aliphatic rings. The first kappa shape index (κ1) is 25.8. The Morgan fingerprint density at radius 2 is 1.76 bits per heavy atom. The number of carbonyl (C=O) groups is 2. The van der Waals surface area contributed by atoms with Gasteiger partial charge in [0.25, 0.3) is 18.2 Å². The maximum Gasteiger partial charge on any atom is 0.292 e. The van der Waals surface area contributed by atoms with Crippen LogP contribution >= 0.6 is 15.9 Å². The molecule has 0 bridgehead atoms. The smallest absolute Gasteiger partial charge is 0.292 e. The average Bonchev–Trinajstić information content (AvgIpc) is 3.44. The van der Waals surface area contributed by atoms with Gasteiger partial charge in [-0.05, 0) is 54.0 Å². The van der Waals surface area contributed by atoms with E-state index in [-0.39, 0.29) is 24.2 Å². The Bertz CT molecular complexity index is 1450. The molecule has 196 valence electrons. The van der Waals surface area contributed by atoms with E-state index in [9.17, 15) is 18.4 Å². The minimum absolute atomic E-state index is 0.121. The second-order valence-corrected chi connectivity index (χ2v) is 9.89. The van der Waals surface area contributed by atoms with Crippen molar-refractivity contribution in [2.75, 3.05) is 25.0 Å². The average molecular weight is 584 g/mol. The Balaban J connectivity index is 1.12. The van der Waals surface area contributed by atoms with Gasteiger partial charge in [-0.3, -0.25) is 9.59 Å². The molecule has 5 rings (SSSR count). The van der Waals surface area contributed by atoms with Crippen molar-refractivity contribution in [3.63, 3.8) is 0 Å². The normalized spacial score (nSPS) is 14.2. The van der Waals surface area contributed by atoms with E-state index in [1.807, 2.05) is 60.7 Å². The molecule has 10 heteroatoms. The van der Waals surface area contributed by atoms with Crippen LogP contribution in [0.3, 0.4) is 0 Å². The van der Waals surface area contributed by atoms with Gasteiger partial charge < -0.3 is 19.5 Å². The maximum atomic E-state index is 12.7. The van der Waals surface area contributed by atoms with Gasteiger partial charge in [0, 0.05) is 34.7 Å². The molecular weight excluding hydrogens is 560 g/mol. The standard InChI is InChI=1S/C28H24BrF2N3O4/c29-22-9-10-24(21-4-2-1-3-20(21)22)37-16-26(35)32-19-7-5-17(6-8-19)18-11-13-34(14-12-18)28(36)25-15-23(27(30)31)33-38-25/h1-10,15,18,27H,11-14,16H2,(H,32,35). The number of fused-ring (bicyclic) bond motifs is 1. The Morgan fingerprint density at radius 3 is 2.45 bits per heavy atom. The first-order chi connectivity index (χ1) is 18.4. The zero-order valence-corrected chi connectivity index (χ0v) is 21.8. The first-order valence-electron chi connectivity index (χ1n) is 12.1. The predicted molar refractivity (Wildman–Crippen MR) is 142 cm³/mol. The van der Waals surface area contributed by atoms with Gasteiger partial charge in [0.15, 0.2) is 12.3 Å². The van der Waals surface area contributed by atoms with Crippen LogP contribution in [0.25, 0.3) is 10.8 Å². The number of carbonyl (C=O) groups excluding carboxylic acids is 2. The Morgan fingerprint density at radius 1 is 1.05 bits per heavy atom. The van der Waals surface area contributed by atoms with Crippen LogP contribution in [-0.4, -0.2) is 41.6 Å². The van der Waals surface area contributed by atoms with E-state index in [1.54, 1.807) is 4.90 Å². The molecule has 7 nitrogen and oxygen atoms in total. The third kappa shape index (κ3) is 5.70. The van der Waals surface area contributed by atoms with E-state index in [4.69, 9.17) is 9.26 Å². The number of nitrogens with zero attached hydrogens (tertiary/aromatic N) is 2. The summed E-state index contributed by atoms with van der Waals surface area (Å²) in [4.78, 5) is 26.6. The number of amides is 2. The zero-order valence-electron chi connectivity index (χ0n) is 20.2. The van der Waals surface area contributed by atoms with Gasteiger partial charge in [-0.1, -0.05) is 57.5 Å². The van der Waals surface area contributed by atoms with Gasteiger partial charge in [0.2, 0.25) is 5.76 Å². The number of likely N-dealkylation sites (tertiary alicyclic amines) is 1. The fourth-order valence-corrected chi connectivity index (χ4v) is 5.08. The lowest BCUT2D eigenvalue weighted by Gasteiger charge is -2.31. The molecule has 1 aromatic heterocycles. The van der Waals surface area contributed by atoms with Gasteiger partial charge in [0.05, 0.1) is 0 Å². The zero-order chi connectivity index (χ0) is 26.6. The van der Waals surface area contributed by atoms with E-state index < -0.39 is 18.0 Å². The van der Waals surface area contributed by atoms with Crippen LogP contribution in [0.2, 0.25) is 0 Å². The summed E-state index contributed by atoms with van der Waals surface area (Å²) in [5, 5.41) is 8.04. The number of hydrogen-bond acceptors (Lipinski definition) is 5. The van der Waals surface area contributed by atoms with Crippen LogP contribution in [0.4, 0.5) is 14.5 Å². The summed E-state index contributed by atoms with van der Waals surface area (Å²) < 4.78 is 37.0. The molecule has 38 heavy (non-hydrogen) atoms. The van der Waals surface area contributed by atoms with Crippen LogP contribution in [0, 0.1) is 0 Å². The van der Waals surface area contributed by atoms with Crippen LogP contribution < -0.4 is 10.1 Å². The quantitative estimate of drug-likeness (QED) is 0.266. The Labute approximate surface area is 225 Å². The van der Waals surface area contributed by atoms with Gasteiger partial charge >= 0.3 is 0 Å². The van der Waals surface area contributed by atoms with Crippen molar-refractivity contribution < 1.29 is 27.6 Å². The maximum absolute atomic E-state index is 12.7. The number of hydrogen-bond donors (Lipinski definition) is 1. The number of nitrogens with one attached hydrogen (secondary N) is 1. The third-order valence-corrected chi connectivity index (χ3v) is 7.29. The number of alkyl halides is 2. The molecule has 0 spiro atoms. The molecular formula is C28H24BrF2N3O4. The van der Waals surface area contributed by atoms with Gasteiger partial charge in [0.1, 0.15) is 5.75 Å². The topological polar surface area (TPSA) is 84.7 Å². The highest BCUT2D eigenvalue weighted by molar-refractivity contribution is 9.10. The molecule has 1 fully saturated rings. The van der Waals surface area contributed by atoms with E-state index in [2.05, 4.69) is 26.4 Å². The predicted octanol–water partition coefficient (Wildman–Crippen LogP) is 6.57. The van der Waals surface area contributed by atoms with Crippen molar-refractivity contribution in [3.05, 3.63) is 88.2 Å². The van der Waals surface area contributed by atoms with Crippen LogP contribution in [0.1, 0.15) is 47.0 Å². The number of aromatic nitrogens is 1. The van der Waals surface area contributed by atoms with E-state index in [0.29, 0.717) is 24.5 Å². The Kier molecular flexibility index (Phi) is 7.69. The molecule has 0 saturated carbocycles. The summed E-state index contributed by atoms with van der Waals surface area (Å²) in [6.45, 7) is 0.841. The highest BCUT2D eigenvalue weighted by atomic mass is 79.9. The summed E-state index contributed by atoms with van der Waals surface area (Å²) in [5.74, 6) is 0.00969. The molecule has 0 radical (unpaired) electrons. The minimum Gasteiger partial charge on any atom is -0.483 e. The number of halogens is 3. The van der Waals surface area contributed by atoms with Crippen LogP contribution in [-0.2, 0) is 4.79 Å². The fourth-order valence-electron chi connectivity index (χ4n) is 4.60. The summed E-state index contributed by atoms with van der Waals surface area (Å²) in [5.41, 5.74) is 1.23. The second kappa shape index (κ2) is 11.3. The molecule has 2 amide bonds. The molecule has 1 N–H and O–H groups in total. The molecule has 0 unspecified atom stereocenters. The van der Waals surface area contributed by atoms with Gasteiger partial charge in [-0.2, -0.15) is 0 Å². The summed E-state index contributed by atoms with van der Waals surface area (Å²) >= 11 is 3.53. The Hall–Kier alpha value is -3.79. The molecule has 3 aromatic carbocycles. The van der Waals surface area contributed by atoms with Crippen LogP contribution in [0.15, 0.2) is 75.7 Å². The molecule has 1 aliphatic heterocycles. The number of benzene rings is 3. The summed E-state index contributed by atoms with van der Waals surface area (Å²) in [7, 11) is 0. The fraction of sp³-hybridized carbons (Fsp3) is 0.250. The lowest BCUT2D eigenvalue weighted by atomic mass is 9.89. The van der Waals surface area contributed by atoms with Crippen molar-refractivity contribution in [2.45, 2.75) is 25.2 Å². The number of rotatable bonds is 7. The SMILES string of the molecule is O=C(COc1ccc(Br)c2ccccc12)Nc1ccc(C2CCN(C(=O)c3cc(C(F)F)no3)CC2)cc1. The third-order valence-electron chi connectivity index (χ3n) is 6.60. The van der Waals surface area contributed by atoms with Gasteiger partial charge in [-0.25, -0.2) is 8.78 Å². The van der Waals surface area contributed by atoms with Gasteiger partial charge in [-0.15, -0.1) is 0 Å². The van der Waals surface area contributed by atoms with E-state index in [0.717, 1.165) is 39.7 Å². The van der Waals surface area contributed by atoms with Crippen molar-refractivity contribution in [1.29, 1.82) is 0 Å². The second-order valence-electron chi connectivity index (χ2n) is 9.03. The van der Waals surface area contributed by atoms with Crippen molar-refractivity contribution in [2.24, 2.45) is 0 Å². The number of ether oxygens (including phenoxy) is 1. The molecule has 1 saturated heterocycles. The summed E-state index contributed by atoms with van der Waals surface area (Å²) in [6.07, 6.45) is -1.33. The van der Waals surface area contributed by atoms with E-state index in [1.165, 1.54) is 0 Å². The highest BCUT2D eigenvalue weighted by Crippen LogP contribution is 2.32. The number of anilines is 1. The summed E-state index contributed by atoms with van der Waals surface area (Å²) in [6, 6.07) is 20.2. The largest absolute Gasteiger partial charge is 0.483 e. The van der Waals surface area contributed by atoms with Crippen molar-refractivity contribution in [3.8, 4) is 5.75 Å². The molecule has 4 aromatic rings. The monoisotopic (exact) mass is 583 g/mol. The minimum atomic E-state index is -2.78. The van der Waals surface area contributed by atoms with Crippen LogP contribution in [0.5, 0.6) is 5.75 Å². The first-order valence-corrected chi connectivity index (χ1v) is 12.9. The highest BCUT2D eigenvalue weighted by Gasteiger charge is 2.28. The molecule has 0 atom stereocenters. The molecule has 0 aliphatic carbocycles. The lowest BCUT2D eigenvalue weighted by molar-refractivity contribution is -0.118. The number of piperidine rings is 1. The molecule has 2 heterocycles. The van der Waals surface area contributed by atoms with Crippen molar-refractivity contribution >= 4 is 44.2 Å². The van der Waals surface area contributed by atoms with Crippen molar-refractivity contribution in [1.82, 2.24) is 10.1 Å². The van der Waals surface area contributed by atoms with E-state index >= 15 is 0 Å².